The Morgan fingerprint density at radius 2 is 1.67 bits per heavy atom. The Balaban J connectivity index is 2.52. The third kappa shape index (κ3) is 2.66. The Labute approximate surface area is 120 Å². The lowest BCUT2D eigenvalue weighted by Gasteiger charge is -2.12. The first-order chi connectivity index (χ1) is 8.49. The summed E-state index contributed by atoms with van der Waals surface area (Å²) in [5.74, 6) is 0.345. The molecular formula is C11H9Cl3N4. The van der Waals surface area contributed by atoms with Crippen LogP contribution in [0.1, 0.15) is 0 Å². The molecule has 0 spiro atoms. The monoisotopic (exact) mass is 302 g/mol. The van der Waals surface area contributed by atoms with Crippen molar-refractivity contribution in [3.63, 3.8) is 0 Å². The number of anilines is 1. The Morgan fingerprint density at radius 3 is 2.22 bits per heavy atom. The highest BCUT2D eigenvalue weighted by molar-refractivity contribution is 6.46. The van der Waals surface area contributed by atoms with Crippen LogP contribution in [-0.2, 0) is 0 Å². The zero-order valence-corrected chi connectivity index (χ0v) is 11.9. The molecule has 0 radical (unpaired) electrons. The first-order valence-corrected chi connectivity index (χ1v) is 6.14. The van der Waals surface area contributed by atoms with Crippen molar-refractivity contribution in [2.75, 3.05) is 19.0 Å². The van der Waals surface area contributed by atoms with E-state index < -0.39 is 0 Å². The normalized spacial score (nSPS) is 10.5. The molecule has 0 N–H and O–H groups in total. The maximum atomic E-state index is 5.87. The molecule has 0 bridgehead atoms. The molecule has 0 fully saturated rings. The van der Waals surface area contributed by atoms with Gasteiger partial charge in [0.25, 0.3) is 0 Å². The van der Waals surface area contributed by atoms with E-state index in [-0.39, 0.29) is 15.3 Å². The van der Waals surface area contributed by atoms with Crippen LogP contribution in [0, 0.1) is 0 Å². The molecule has 18 heavy (non-hydrogen) atoms. The fourth-order valence-corrected chi connectivity index (χ4v) is 1.80. The van der Waals surface area contributed by atoms with Gasteiger partial charge in [0.2, 0.25) is 0 Å². The fourth-order valence-electron chi connectivity index (χ4n) is 1.33. The van der Waals surface area contributed by atoms with E-state index in [0.717, 1.165) is 5.69 Å². The second kappa shape index (κ2) is 5.26. The van der Waals surface area contributed by atoms with Crippen molar-refractivity contribution in [3.8, 4) is 11.5 Å². The Bertz CT molecular complexity index is 563. The van der Waals surface area contributed by atoms with Gasteiger partial charge in [0.15, 0.2) is 16.1 Å². The molecule has 4 nitrogen and oxygen atoms in total. The summed E-state index contributed by atoms with van der Waals surface area (Å²) in [5.41, 5.74) is 1.56. The van der Waals surface area contributed by atoms with Crippen molar-refractivity contribution in [1.82, 2.24) is 15.0 Å². The van der Waals surface area contributed by atoms with Gasteiger partial charge >= 0.3 is 0 Å². The van der Waals surface area contributed by atoms with Crippen LogP contribution in [0.4, 0.5) is 5.69 Å². The van der Waals surface area contributed by atoms with Gasteiger partial charge in [-0.05, 0) is 12.1 Å². The van der Waals surface area contributed by atoms with Gasteiger partial charge in [0.05, 0.1) is 0 Å². The van der Waals surface area contributed by atoms with Crippen LogP contribution in [0.5, 0.6) is 0 Å². The van der Waals surface area contributed by atoms with E-state index in [1.165, 1.54) is 0 Å². The Hall–Kier alpha value is -1.10. The van der Waals surface area contributed by atoms with E-state index in [1.807, 2.05) is 31.1 Å². The Morgan fingerprint density at radius 1 is 1.06 bits per heavy atom. The van der Waals surface area contributed by atoms with Gasteiger partial charge < -0.3 is 4.90 Å². The molecule has 0 aromatic carbocycles. The minimum atomic E-state index is 0.115. The van der Waals surface area contributed by atoms with Crippen molar-refractivity contribution in [2.24, 2.45) is 0 Å². The molecule has 0 saturated heterocycles. The number of halogens is 3. The van der Waals surface area contributed by atoms with Crippen LogP contribution < -0.4 is 4.90 Å². The molecule has 0 unspecified atom stereocenters. The highest BCUT2D eigenvalue weighted by Crippen LogP contribution is 2.29. The van der Waals surface area contributed by atoms with E-state index >= 15 is 0 Å². The Kier molecular flexibility index (Phi) is 3.90. The summed E-state index contributed by atoms with van der Waals surface area (Å²) in [6, 6.07) is 3.72. The number of hydrogen-bond acceptors (Lipinski definition) is 4. The van der Waals surface area contributed by atoms with E-state index in [0.29, 0.717) is 11.5 Å². The maximum absolute atomic E-state index is 5.87. The van der Waals surface area contributed by atoms with Crippen molar-refractivity contribution in [2.45, 2.75) is 0 Å². The van der Waals surface area contributed by atoms with Crippen LogP contribution in [0.2, 0.25) is 15.3 Å². The van der Waals surface area contributed by atoms with Crippen LogP contribution in [-0.4, -0.2) is 29.0 Å². The van der Waals surface area contributed by atoms with Gasteiger partial charge in [0.1, 0.15) is 10.7 Å². The molecule has 7 heteroatoms. The third-order valence-corrected chi connectivity index (χ3v) is 3.36. The second-order valence-electron chi connectivity index (χ2n) is 3.74. The van der Waals surface area contributed by atoms with Crippen molar-refractivity contribution >= 4 is 40.5 Å². The van der Waals surface area contributed by atoms with Gasteiger partial charge in [-0.15, -0.1) is 0 Å². The standard InChI is InChI=1S/C11H9Cl3N4/c1-18(2)6-3-4-15-7(5-6)11-16-9(13)8(12)10(14)17-11/h3-5H,1-2H3. The molecule has 0 atom stereocenters. The average Bonchev–Trinajstić information content (AvgIpc) is 2.35. The molecule has 0 aliphatic heterocycles. The molecule has 0 aliphatic carbocycles. The minimum Gasteiger partial charge on any atom is -0.378 e. The van der Waals surface area contributed by atoms with Gasteiger partial charge in [-0.3, -0.25) is 4.98 Å². The lowest BCUT2D eigenvalue weighted by Crippen LogP contribution is -2.08. The molecule has 2 aromatic heterocycles. The second-order valence-corrected chi connectivity index (χ2v) is 4.83. The van der Waals surface area contributed by atoms with E-state index in [2.05, 4.69) is 15.0 Å². The zero-order chi connectivity index (χ0) is 13.3. The predicted octanol–water partition coefficient (Wildman–Crippen LogP) is 3.56. The lowest BCUT2D eigenvalue weighted by atomic mass is 10.3. The maximum Gasteiger partial charge on any atom is 0.181 e. The van der Waals surface area contributed by atoms with Crippen molar-refractivity contribution < 1.29 is 0 Å². The number of aromatic nitrogens is 3. The molecule has 2 rings (SSSR count). The summed E-state index contributed by atoms with van der Waals surface area (Å²) < 4.78 is 0. The molecule has 94 valence electrons. The molecular weight excluding hydrogens is 295 g/mol. The number of pyridine rings is 1. The highest BCUT2D eigenvalue weighted by Gasteiger charge is 2.12. The van der Waals surface area contributed by atoms with Gasteiger partial charge in [0, 0.05) is 26.0 Å². The third-order valence-electron chi connectivity index (χ3n) is 2.26. The quantitative estimate of drug-likeness (QED) is 0.796. The smallest absolute Gasteiger partial charge is 0.181 e. The lowest BCUT2D eigenvalue weighted by molar-refractivity contribution is 1.10. The number of nitrogens with zero attached hydrogens (tertiary/aromatic N) is 4. The molecule has 0 amide bonds. The number of rotatable bonds is 2. The fraction of sp³-hybridized carbons (Fsp3) is 0.182. The first kappa shape index (κ1) is 13.3. The van der Waals surface area contributed by atoms with Crippen LogP contribution in [0.25, 0.3) is 11.5 Å². The van der Waals surface area contributed by atoms with Crippen molar-refractivity contribution in [1.29, 1.82) is 0 Å². The van der Waals surface area contributed by atoms with Crippen LogP contribution in [0.3, 0.4) is 0 Å². The van der Waals surface area contributed by atoms with E-state index in [1.54, 1.807) is 6.20 Å². The largest absolute Gasteiger partial charge is 0.378 e. The zero-order valence-electron chi connectivity index (χ0n) is 9.65. The topological polar surface area (TPSA) is 41.9 Å². The minimum absolute atomic E-state index is 0.115. The predicted molar refractivity (Wildman–Crippen MR) is 74.6 cm³/mol. The molecule has 2 heterocycles. The van der Waals surface area contributed by atoms with E-state index in [4.69, 9.17) is 34.8 Å². The first-order valence-electron chi connectivity index (χ1n) is 5.01. The van der Waals surface area contributed by atoms with Crippen LogP contribution in [0.15, 0.2) is 18.3 Å². The van der Waals surface area contributed by atoms with Gasteiger partial charge in [-0.25, -0.2) is 9.97 Å². The summed E-state index contributed by atoms with van der Waals surface area (Å²) in [4.78, 5) is 14.3. The highest BCUT2D eigenvalue weighted by atomic mass is 35.5. The van der Waals surface area contributed by atoms with Crippen molar-refractivity contribution in [3.05, 3.63) is 33.7 Å². The van der Waals surface area contributed by atoms with Gasteiger partial charge in [-0.1, -0.05) is 34.8 Å². The summed E-state index contributed by atoms with van der Waals surface area (Å²) in [6.45, 7) is 0. The summed E-state index contributed by atoms with van der Waals surface area (Å²) in [7, 11) is 3.86. The SMILES string of the molecule is CN(C)c1ccnc(-c2nc(Cl)c(Cl)c(Cl)n2)c1. The summed E-state index contributed by atoms with van der Waals surface area (Å²) >= 11 is 17.5. The molecule has 0 saturated carbocycles. The van der Waals surface area contributed by atoms with Gasteiger partial charge in [-0.2, -0.15) is 0 Å². The summed E-state index contributed by atoms with van der Waals surface area (Å²) in [5, 5.41) is 0.373. The van der Waals surface area contributed by atoms with E-state index in [9.17, 15) is 0 Å². The summed E-state index contributed by atoms with van der Waals surface area (Å²) in [6.07, 6.45) is 1.67. The molecule has 0 aliphatic rings. The molecule has 2 aromatic rings. The average molecular weight is 304 g/mol. The number of hydrogen-bond donors (Lipinski definition) is 0. The van der Waals surface area contributed by atoms with Crippen LogP contribution >= 0.6 is 34.8 Å².